The molecule has 1 fully saturated rings. The van der Waals surface area contributed by atoms with Crippen LogP contribution in [0.25, 0.3) is 11.3 Å². The third-order valence-electron chi connectivity index (χ3n) is 7.99. The van der Waals surface area contributed by atoms with Crippen LogP contribution in [0.2, 0.25) is 0 Å². The van der Waals surface area contributed by atoms with Gasteiger partial charge in [-0.25, -0.2) is 4.98 Å². The van der Waals surface area contributed by atoms with Crippen LogP contribution in [-0.2, 0) is 24.6 Å². The summed E-state index contributed by atoms with van der Waals surface area (Å²) in [6.45, 7) is 3.97. The Balaban J connectivity index is 1.24. The number of aromatic nitrogens is 2. The average molecular weight is 599 g/mol. The maximum absolute atomic E-state index is 13.2. The number of benzene rings is 2. The van der Waals surface area contributed by atoms with Gasteiger partial charge in [0, 0.05) is 53.8 Å². The minimum atomic E-state index is -0.320. The number of carbonyl (C=O) groups is 2. The molecule has 0 bridgehead atoms. The van der Waals surface area contributed by atoms with Gasteiger partial charge in [0.15, 0.2) is 5.82 Å². The fourth-order valence-corrected chi connectivity index (χ4v) is 6.71. The second-order valence-corrected chi connectivity index (χ2v) is 12.1. The number of morpholine rings is 1. The fraction of sp³-hybridized carbons (Fsp3) is 0.312. The summed E-state index contributed by atoms with van der Waals surface area (Å²) in [7, 11) is 1.66. The van der Waals surface area contributed by atoms with E-state index in [2.05, 4.69) is 15.6 Å². The van der Waals surface area contributed by atoms with Gasteiger partial charge in [-0.1, -0.05) is 12.1 Å². The van der Waals surface area contributed by atoms with Crippen LogP contribution in [0.3, 0.4) is 0 Å². The Morgan fingerprint density at radius 3 is 2.63 bits per heavy atom. The van der Waals surface area contributed by atoms with Gasteiger partial charge in [-0.15, -0.1) is 11.3 Å². The molecular formula is C32H34N6O4S. The lowest BCUT2D eigenvalue weighted by Gasteiger charge is -2.27. The highest BCUT2D eigenvalue weighted by atomic mass is 32.1. The highest BCUT2D eigenvalue weighted by Gasteiger charge is 2.22. The van der Waals surface area contributed by atoms with E-state index in [9.17, 15) is 14.4 Å². The molecule has 222 valence electrons. The molecule has 6 rings (SSSR count). The molecule has 4 N–H and O–H groups in total. The van der Waals surface area contributed by atoms with Gasteiger partial charge in [-0.2, -0.15) is 0 Å². The number of fused-ring (bicyclic) bond motifs is 1. The van der Waals surface area contributed by atoms with Crippen LogP contribution in [-0.4, -0.2) is 52.6 Å². The van der Waals surface area contributed by atoms with Crippen molar-refractivity contribution >= 4 is 46.0 Å². The molecule has 0 radical (unpaired) electrons. The van der Waals surface area contributed by atoms with E-state index in [1.807, 2.05) is 31.2 Å². The smallest absolute Gasteiger partial charge is 0.293 e. The number of nitrogen functional groups attached to an aromatic ring is 1. The van der Waals surface area contributed by atoms with E-state index < -0.39 is 0 Å². The number of amides is 2. The molecule has 10 nitrogen and oxygen atoms in total. The zero-order valence-corrected chi connectivity index (χ0v) is 25.1. The number of aryl methyl sites for hydroxylation is 3. The molecule has 3 heterocycles. The minimum Gasteiger partial charge on any atom is -0.398 e. The van der Waals surface area contributed by atoms with Crippen molar-refractivity contribution in [2.45, 2.75) is 32.6 Å². The molecule has 43 heavy (non-hydrogen) atoms. The van der Waals surface area contributed by atoms with Gasteiger partial charge in [0.25, 0.3) is 17.4 Å². The van der Waals surface area contributed by atoms with E-state index in [-0.39, 0.29) is 23.2 Å². The van der Waals surface area contributed by atoms with Gasteiger partial charge in [0.05, 0.1) is 29.3 Å². The molecular weight excluding hydrogens is 564 g/mol. The van der Waals surface area contributed by atoms with Gasteiger partial charge in [-0.3, -0.25) is 14.4 Å². The maximum atomic E-state index is 13.2. The van der Waals surface area contributed by atoms with Crippen LogP contribution >= 0.6 is 11.3 Å². The molecule has 1 aliphatic heterocycles. The first-order chi connectivity index (χ1) is 20.8. The predicted molar refractivity (Wildman–Crippen MR) is 169 cm³/mol. The quantitative estimate of drug-likeness (QED) is 0.273. The zero-order valence-electron chi connectivity index (χ0n) is 24.2. The lowest BCUT2D eigenvalue weighted by atomic mass is 9.99. The predicted octanol–water partition coefficient (Wildman–Crippen LogP) is 4.75. The summed E-state index contributed by atoms with van der Waals surface area (Å²) in [4.78, 5) is 47.5. The van der Waals surface area contributed by atoms with E-state index in [1.54, 1.807) is 47.7 Å². The van der Waals surface area contributed by atoms with Crippen molar-refractivity contribution in [2.24, 2.45) is 7.05 Å². The standard InChI is InChI=1S/C32H34N6O4S/c1-19-22(7-5-8-25(19)36-30(39)28-16-20-6-3-4-9-27(20)43-28)26-18-37(2)32(41)29(35-26)34-21-10-11-23(24(33)17-21)31(40)38-12-14-42-15-13-38/h5,7-8,10-11,16-18H,3-4,6,9,12-15,33H2,1-2H3,(H,34,35)(H,36,39). The summed E-state index contributed by atoms with van der Waals surface area (Å²) in [5.74, 6) is -0.155. The van der Waals surface area contributed by atoms with Gasteiger partial charge in [0.1, 0.15) is 0 Å². The van der Waals surface area contributed by atoms with Crippen molar-refractivity contribution in [2.75, 3.05) is 42.7 Å². The fourth-order valence-electron chi connectivity index (χ4n) is 5.56. The number of rotatable bonds is 6. The SMILES string of the molecule is Cc1c(NC(=O)c2cc3c(s2)CCCC3)cccc1-c1cn(C)c(=O)c(Nc2ccc(C(=O)N3CCOCC3)c(N)c2)n1. The van der Waals surface area contributed by atoms with E-state index in [1.165, 1.54) is 27.8 Å². The Hall–Kier alpha value is -4.48. The normalized spacial score (nSPS) is 14.7. The number of nitrogens with one attached hydrogen (secondary N) is 2. The molecule has 0 atom stereocenters. The maximum Gasteiger partial charge on any atom is 0.293 e. The van der Waals surface area contributed by atoms with Crippen LogP contribution < -0.4 is 21.9 Å². The highest BCUT2D eigenvalue weighted by molar-refractivity contribution is 7.14. The molecule has 2 amide bonds. The van der Waals surface area contributed by atoms with Gasteiger partial charge < -0.3 is 30.6 Å². The topological polar surface area (TPSA) is 132 Å². The Morgan fingerprint density at radius 2 is 1.86 bits per heavy atom. The number of nitrogens with two attached hydrogens (primary N) is 1. The largest absolute Gasteiger partial charge is 0.398 e. The van der Waals surface area contributed by atoms with Crippen molar-refractivity contribution in [3.05, 3.63) is 85.5 Å². The number of hydrogen-bond acceptors (Lipinski definition) is 8. The Kier molecular flexibility index (Phi) is 8.00. The first-order valence-electron chi connectivity index (χ1n) is 14.4. The van der Waals surface area contributed by atoms with Crippen molar-refractivity contribution in [3.8, 4) is 11.3 Å². The van der Waals surface area contributed by atoms with Gasteiger partial charge in [-0.05, 0) is 74.1 Å². The Bertz CT molecular complexity index is 1750. The van der Waals surface area contributed by atoms with Gasteiger partial charge in [0.2, 0.25) is 0 Å². The molecule has 0 unspecified atom stereocenters. The number of nitrogens with zero attached hydrogens (tertiary/aromatic N) is 3. The zero-order chi connectivity index (χ0) is 30.1. The van der Waals surface area contributed by atoms with Crippen molar-refractivity contribution < 1.29 is 14.3 Å². The molecule has 2 aromatic carbocycles. The van der Waals surface area contributed by atoms with Crippen molar-refractivity contribution in [3.63, 3.8) is 0 Å². The second kappa shape index (κ2) is 12.0. The van der Waals surface area contributed by atoms with Crippen LogP contribution in [0.5, 0.6) is 0 Å². The lowest BCUT2D eigenvalue weighted by molar-refractivity contribution is 0.0303. The average Bonchev–Trinajstić information content (AvgIpc) is 3.45. The van der Waals surface area contributed by atoms with Crippen LogP contribution in [0, 0.1) is 6.92 Å². The summed E-state index contributed by atoms with van der Waals surface area (Å²) in [6.07, 6.45) is 6.09. The number of hydrogen-bond donors (Lipinski definition) is 3. The third-order valence-corrected chi connectivity index (χ3v) is 9.23. The molecule has 11 heteroatoms. The van der Waals surface area contributed by atoms with E-state index in [0.29, 0.717) is 54.6 Å². The van der Waals surface area contributed by atoms with E-state index >= 15 is 0 Å². The summed E-state index contributed by atoms with van der Waals surface area (Å²) >= 11 is 1.58. The number of ether oxygens (including phenoxy) is 1. The highest BCUT2D eigenvalue weighted by Crippen LogP contribution is 2.32. The molecule has 0 saturated carbocycles. The van der Waals surface area contributed by atoms with Crippen LogP contribution in [0.4, 0.5) is 22.9 Å². The lowest BCUT2D eigenvalue weighted by Crippen LogP contribution is -2.40. The molecule has 2 aliphatic rings. The summed E-state index contributed by atoms with van der Waals surface area (Å²) in [5, 5.41) is 6.16. The Morgan fingerprint density at radius 1 is 1.07 bits per heavy atom. The number of anilines is 4. The van der Waals surface area contributed by atoms with Crippen LogP contribution in [0.15, 0.2) is 53.5 Å². The summed E-state index contributed by atoms with van der Waals surface area (Å²) in [6, 6.07) is 12.7. The molecule has 1 saturated heterocycles. The Labute approximate surface area is 253 Å². The first-order valence-corrected chi connectivity index (χ1v) is 15.2. The number of thiophene rings is 1. The molecule has 0 spiro atoms. The van der Waals surface area contributed by atoms with Crippen molar-refractivity contribution in [1.82, 2.24) is 14.5 Å². The molecule has 2 aromatic heterocycles. The monoisotopic (exact) mass is 598 g/mol. The molecule has 4 aromatic rings. The minimum absolute atomic E-state index is 0.115. The first kappa shape index (κ1) is 28.6. The van der Waals surface area contributed by atoms with Gasteiger partial charge >= 0.3 is 0 Å². The van der Waals surface area contributed by atoms with Crippen molar-refractivity contribution in [1.29, 1.82) is 0 Å². The summed E-state index contributed by atoms with van der Waals surface area (Å²) < 4.78 is 6.80. The molecule has 1 aliphatic carbocycles. The summed E-state index contributed by atoms with van der Waals surface area (Å²) in [5.41, 5.74) is 11.4. The van der Waals surface area contributed by atoms with E-state index in [4.69, 9.17) is 10.5 Å². The second-order valence-electron chi connectivity index (χ2n) is 10.9. The third kappa shape index (κ3) is 5.91. The van der Waals surface area contributed by atoms with E-state index in [0.717, 1.165) is 28.8 Å². The number of carbonyl (C=O) groups excluding carboxylic acids is 2. The van der Waals surface area contributed by atoms with Crippen LogP contribution in [0.1, 0.15) is 48.9 Å².